The maximum absolute atomic E-state index is 5.28. The number of hydrogen-bond acceptors (Lipinski definition) is 3. The SMILES string of the molecule is CNC(c1cc(OC)cs1)C1CCCC(C)C1. The van der Waals surface area contributed by atoms with Gasteiger partial charge in [-0.2, -0.15) is 0 Å². The van der Waals surface area contributed by atoms with Crippen LogP contribution in [0.3, 0.4) is 0 Å². The molecule has 0 spiro atoms. The minimum Gasteiger partial charge on any atom is -0.496 e. The lowest BCUT2D eigenvalue weighted by molar-refractivity contribution is 0.232. The maximum atomic E-state index is 5.28. The molecular formula is C14H23NOS. The lowest BCUT2D eigenvalue weighted by Crippen LogP contribution is -2.28. The van der Waals surface area contributed by atoms with Crippen LogP contribution in [0.1, 0.15) is 43.5 Å². The summed E-state index contributed by atoms with van der Waals surface area (Å²) in [6, 6.07) is 2.69. The topological polar surface area (TPSA) is 21.3 Å². The van der Waals surface area contributed by atoms with Gasteiger partial charge in [-0.3, -0.25) is 0 Å². The molecule has 1 aliphatic carbocycles. The molecule has 0 saturated heterocycles. The number of methoxy groups -OCH3 is 1. The van der Waals surface area contributed by atoms with E-state index >= 15 is 0 Å². The molecule has 1 aromatic rings. The Morgan fingerprint density at radius 3 is 2.88 bits per heavy atom. The van der Waals surface area contributed by atoms with Crippen molar-refractivity contribution >= 4 is 11.3 Å². The molecule has 0 amide bonds. The second-order valence-corrected chi connectivity index (χ2v) is 6.13. The first-order valence-corrected chi connectivity index (χ1v) is 7.42. The van der Waals surface area contributed by atoms with Gasteiger partial charge < -0.3 is 10.1 Å². The molecule has 96 valence electrons. The molecule has 0 bridgehead atoms. The van der Waals surface area contributed by atoms with E-state index in [0.29, 0.717) is 6.04 Å². The zero-order valence-electron chi connectivity index (χ0n) is 11.0. The number of nitrogens with one attached hydrogen (secondary N) is 1. The van der Waals surface area contributed by atoms with Gasteiger partial charge in [0.2, 0.25) is 0 Å². The van der Waals surface area contributed by atoms with Gasteiger partial charge in [0.05, 0.1) is 7.11 Å². The van der Waals surface area contributed by atoms with E-state index in [1.165, 1.54) is 30.6 Å². The summed E-state index contributed by atoms with van der Waals surface area (Å²) in [4.78, 5) is 1.42. The second kappa shape index (κ2) is 5.87. The Labute approximate surface area is 108 Å². The van der Waals surface area contributed by atoms with E-state index in [4.69, 9.17) is 4.74 Å². The van der Waals surface area contributed by atoms with Crippen LogP contribution in [0.4, 0.5) is 0 Å². The Morgan fingerprint density at radius 1 is 1.47 bits per heavy atom. The average Bonchev–Trinajstić information content (AvgIpc) is 2.79. The summed E-state index contributed by atoms with van der Waals surface area (Å²) in [5.74, 6) is 2.66. The monoisotopic (exact) mass is 253 g/mol. The Hall–Kier alpha value is -0.540. The van der Waals surface area contributed by atoms with E-state index in [-0.39, 0.29) is 0 Å². The summed E-state index contributed by atoms with van der Waals surface area (Å²) in [6.07, 6.45) is 5.50. The van der Waals surface area contributed by atoms with Crippen molar-refractivity contribution in [3.8, 4) is 5.75 Å². The quantitative estimate of drug-likeness (QED) is 0.880. The highest BCUT2D eigenvalue weighted by atomic mass is 32.1. The van der Waals surface area contributed by atoms with Gasteiger partial charge in [0.15, 0.2) is 0 Å². The van der Waals surface area contributed by atoms with Gasteiger partial charge in [-0.05, 0) is 37.8 Å². The van der Waals surface area contributed by atoms with Crippen LogP contribution in [-0.4, -0.2) is 14.2 Å². The molecule has 1 aliphatic rings. The number of hydrogen-bond donors (Lipinski definition) is 1. The average molecular weight is 253 g/mol. The van der Waals surface area contributed by atoms with Crippen molar-refractivity contribution in [1.29, 1.82) is 0 Å². The van der Waals surface area contributed by atoms with Crippen molar-refractivity contribution in [1.82, 2.24) is 5.32 Å². The van der Waals surface area contributed by atoms with Crippen molar-refractivity contribution in [2.45, 2.75) is 38.6 Å². The largest absolute Gasteiger partial charge is 0.496 e. The number of ether oxygens (including phenoxy) is 1. The molecular weight excluding hydrogens is 230 g/mol. The van der Waals surface area contributed by atoms with Crippen LogP contribution in [0, 0.1) is 11.8 Å². The molecule has 3 atom stereocenters. The standard InChI is InChI=1S/C14H23NOS/c1-10-5-4-6-11(7-10)14(15-2)13-8-12(16-3)9-17-13/h8-11,14-15H,4-7H2,1-3H3. The number of thiophene rings is 1. The van der Waals surface area contributed by atoms with Crippen molar-refractivity contribution in [2.24, 2.45) is 11.8 Å². The maximum Gasteiger partial charge on any atom is 0.129 e. The first-order chi connectivity index (χ1) is 8.24. The predicted octanol–water partition coefficient (Wildman–Crippen LogP) is 3.84. The lowest BCUT2D eigenvalue weighted by atomic mass is 9.78. The Morgan fingerprint density at radius 2 is 2.29 bits per heavy atom. The fourth-order valence-electron chi connectivity index (χ4n) is 3.00. The molecule has 0 aliphatic heterocycles. The van der Waals surface area contributed by atoms with Crippen molar-refractivity contribution in [3.63, 3.8) is 0 Å². The zero-order chi connectivity index (χ0) is 12.3. The molecule has 1 saturated carbocycles. The highest BCUT2D eigenvalue weighted by molar-refractivity contribution is 7.10. The van der Waals surface area contributed by atoms with Crippen LogP contribution in [0.15, 0.2) is 11.4 Å². The molecule has 1 aromatic heterocycles. The fourth-order valence-corrected chi connectivity index (χ4v) is 4.06. The third-order valence-electron chi connectivity index (χ3n) is 3.90. The Kier molecular flexibility index (Phi) is 4.46. The molecule has 1 fully saturated rings. The predicted molar refractivity (Wildman–Crippen MR) is 73.8 cm³/mol. The smallest absolute Gasteiger partial charge is 0.129 e. The second-order valence-electron chi connectivity index (χ2n) is 5.19. The third kappa shape index (κ3) is 3.02. The van der Waals surface area contributed by atoms with Crippen LogP contribution in [0.2, 0.25) is 0 Å². The van der Waals surface area contributed by atoms with Crippen molar-refractivity contribution in [2.75, 3.05) is 14.2 Å². The van der Waals surface area contributed by atoms with Crippen LogP contribution < -0.4 is 10.1 Å². The van der Waals surface area contributed by atoms with E-state index in [2.05, 4.69) is 30.7 Å². The van der Waals surface area contributed by atoms with Crippen LogP contribution in [0.5, 0.6) is 5.75 Å². The van der Waals surface area contributed by atoms with E-state index in [0.717, 1.165) is 17.6 Å². The van der Waals surface area contributed by atoms with Gasteiger partial charge in [0.1, 0.15) is 5.75 Å². The first kappa shape index (κ1) is 12.9. The molecule has 3 heteroatoms. The number of rotatable bonds is 4. The summed E-state index contributed by atoms with van der Waals surface area (Å²) in [5, 5.41) is 5.60. The highest BCUT2D eigenvalue weighted by Crippen LogP contribution is 2.39. The Balaban J connectivity index is 2.09. The summed E-state index contributed by atoms with van der Waals surface area (Å²) < 4.78 is 5.28. The van der Waals surface area contributed by atoms with Gasteiger partial charge in [-0.1, -0.05) is 19.8 Å². The molecule has 3 unspecified atom stereocenters. The zero-order valence-corrected chi connectivity index (χ0v) is 11.8. The lowest BCUT2D eigenvalue weighted by Gasteiger charge is -2.32. The van der Waals surface area contributed by atoms with Gasteiger partial charge in [0.25, 0.3) is 0 Å². The highest BCUT2D eigenvalue weighted by Gasteiger charge is 2.27. The van der Waals surface area contributed by atoms with Crippen LogP contribution in [-0.2, 0) is 0 Å². The van der Waals surface area contributed by atoms with Gasteiger partial charge in [-0.15, -0.1) is 11.3 Å². The summed E-state index contributed by atoms with van der Waals surface area (Å²) >= 11 is 1.81. The minimum atomic E-state index is 0.506. The molecule has 2 nitrogen and oxygen atoms in total. The van der Waals surface area contributed by atoms with E-state index in [1.807, 2.05) is 11.3 Å². The summed E-state index contributed by atoms with van der Waals surface area (Å²) in [7, 11) is 3.82. The van der Waals surface area contributed by atoms with Gasteiger partial charge in [-0.25, -0.2) is 0 Å². The normalized spacial score (nSPS) is 26.8. The van der Waals surface area contributed by atoms with Gasteiger partial charge >= 0.3 is 0 Å². The van der Waals surface area contributed by atoms with E-state index in [9.17, 15) is 0 Å². The van der Waals surface area contributed by atoms with Crippen LogP contribution >= 0.6 is 11.3 Å². The summed E-state index contributed by atoms with van der Waals surface area (Å²) in [5.41, 5.74) is 0. The minimum absolute atomic E-state index is 0.506. The van der Waals surface area contributed by atoms with Crippen LogP contribution in [0.25, 0.3) is 0 Å². The van der Waals surface area contributed by atoms with E-state index in [1.54, 1.807) is 7.11 Å². The molecule has 17 heavy (non-hydrogen) atoms. The molecule has 0 aromatic carbocycles. The third-order valence-corrected chi connectivity index (χ3v) is 4.89. The molecule has 1 N–H and O–H groups in total. The molecule has 2 rings (SSSR count). The fraction of sp³-hybridized carbons (Fsp3) is 0.714. The van der Waals surface area contributed by atoms with Crippen molar-refractivity contribution < 1.29 is 4.74 Å². The van der Waals surface area contributed by atoms with Crippen molar-refractivity contribution in [3.05, 3.63) is 16.3 Å². The Bertz CT molecular complexity index is 350. The molecule has 1 heterocycles. The van der Waals surface area contributed by atoms with E-state index < -0.39 is 0 Å². The van der Waals surface area contributed by atoms with Gasteiger partial charge in [0, 0.05) is 16.3 Å². The summed E-state index contributed by atoms with van der Waals surface area (Å²) in [6.45, 7) is 2.38. The molecule has 0 radical (unpaired) electrons. The first-order valence-electron chi connectivity index (χ1n) is 6.54.